The van der Waals surface area contributed by atoms with E-state index in [1.54, 1.807) is 0 Å². The molecule has 2 heteroatoms. The van der Waals surface area contributed by atoms with Gasteiger partial charge in [0.1, 0.15) is 11.2 Å². The number of rotatable bonds is 5. The zero-order chi connectivity index (χ0) is 42.6. The van der Waals surface area contributed by atoms with Crippen LogP contribution in [0.5, 0.6) is 0 Å². The third-order valence-corrected chi connectivity index (χ3v) is 14.3. The van der Waals surface area contributed by atoms with Crippen molar-refractivity contribution in [1.82, 2.24) is 0 Å². The van der Waals surface area contributed by atoms with Crippen molar-refractivity contribution in [2.45, 2.75) is 5.41 Å². The molecular formula is C63H39NO. The summed E-state index contributed by atoms with van der Waals surface area (Å²) < 4.78 is 6.79. The Morgan fingerprint density at radius 1 is 0.308 bits per heavy atom. The van der Waals surface area contributed by atoms with Gasteiger partial charge in [-0.25, -0.2) is 0 Å². The van der Waals surface area contributed by atoms with E-state index >= 15 is 0 Å². The molecule has 14 rings (SSSR count). The fourth-order valence-electron chi connectivity index (χ4n) is 11.7. The Labute approximate surface area is 376 Å². The van der Waals surface area contributed by atoms with Crippen LogP contribution >= 0.6 is 0 Å². The number of fused-ring (bicyclic) bond motifs is 16. The Hall–Kier alpha value is -8.46. The lowest BCUT2D eigenvalue weighted by Gasteiger charge is -2.36. The van der Waals surface area contributed by atoms with Gasteiger partial charge in [0, 0.05) is 16.6 Å². The van der Waals surface area contributed by atoms with Gasteiger partial charge in [-0.2, -0.15) is 0 Å². The summed E-state index contributed by atoms with van der Waals surface area (Å²) in [6.45, 7) is 0. The van der Waals surface area contributed by atoms with Crippen LogP contribution in [0.1, 0.15) is 22.3 Å². The smallest absolute Gasteiger partial charge is 0.137 e. The first-order valence-corrected chi connectivity index (χ1v) is 22.5. The van der Waals surface area contributed by atoms with Gasteiger partial charge in [-0.1, -0.05) is 200 Å². The van der Waals surface area contributed by atoms with E-state index < -0.39 is 5.41 Å². The molecule has 0 aliphatic heterocycles. The zero-order valence-corrected chi connectivity index (χ0v) is 35.4. The molecule has 1 spiro atoms. The number of anilines is 3. The van der Waals surface area contributed by atoms with Crippen molar-refractivity contribution in [1.29, 1.82) is 0 Å². The lowest BCUT2D eigenvalue weighted by atomic mass is 9.70. The highest BCUT2D eigenvalue weighted by Crippen LogP contribution is 2.65. The van der Waals surface area contributed by atoms with Crippen molar-refractivity contribution < 1.29 is 4.42 Å². The zero-order valence-electron chi connectivity index (χ0n) is 35.4. The highest BCUT2D eigenvalue weighted by Gasteiger charge is 2.53. The second-order valence-corrected chi connectivity index (χ2v) is 17.5. The average molecular weight is 826 g/mol. The van der Waals surface area contributed by atoms with Crippen molar-refractivity contribution in [3.05, 3.63) is 259 Å². The van der Waals surface area contributed by atoms with Crippen molar-refractivity contribution in [2.24, 2.45) is 0 Å². The van der Waals surface area contributed by atoms with Gasteiger partial charge in [0.15, 0.2) is 0 Å². The minimum Gasteiger partial charge on any atom is -0.456 e. The molecule has 2 aliphatic carbocycles. The Balaban J connectivity index is 1.07. The average Bonchev–Trinajstić information content (AvgIpc) is 4.02. The highest BCUT2D eigenvalue weighted by molar-refractivity contribution is 6.23. The molecule has 0 saturated heterocycles. The molecule has 0 fully saturated rings. The van der Waals surface area contributed by atoms with E-state index in [1.165, 1.54) is 88.3 Å². The first kappa shape index (κ1) is 36.1. The molecule has 0 unspecified atom stereocenters. The number of furan rings is 1. The maximum absolute atomic E-state index is 6.79. The molecule has 0 atom stereocenters. The molecule has 0 bridgehead atoms. The second-order valence-electron chi connectivity index (χ2n) is 17.5. The second kappa shape index (κ2) is 13.8. The summed E-state index contributed by atoms with van der Waals surface area (Å²) in [5.74, 6) is 0. The van der Waals surface area contributed by atoms with E-state index in [-0.39, 0.29) is 0 Å². The summed E-state index contributed by atoms with van der Waals surface area (Å²) in [7, 11) is 0. The number of hydrogen-bond acceptors (Lipinski definition) is 2. The van der Waals surface area contributed by atoms with Crippen LogP contribution in [-0.2, 0) is 5.41 Å². The minimum absolute atomic E-state index is 0.552. The van der Waals surface area contributed by atoms with Crippen LogP contribution in [0.4, 0.5) is 17.1 Å². The third kappa shape index (κ3) is 4.99. The summed E-state index contributed by atoms with van der Waals surface area (Å²) in [5, 5.41) is 7.07. The molecule has 1 heterocycles. The summed E-state index contributed by atoms with van der Waals surface area (Å²) in [6.07, 6.45) is 0. The van der Waals surface area contributed by atoms with Gasteiger partial charge < -0.3 is 9.32 Å². The van der Waals surface area contributed by atoms with E-state index in [1.807, 2.05) is 0 Å². The van der Waals surface area contributed by atoms with Gasteiger partial charge in [0.25, 0.3) is 0 Å². The number of hydrogen-bond donors (Lipinski definition) is 0. The minimum atomic E-state index is -0.552. The lowest BCUT2D eigenvalue weighted by Crippen LogP contribution is -2.28. The molecule has 302 valence electrons. The topological polar surface area (TPSA) is 16.4 Å². The van der Waals surface area contributed by atoms with Crippen molar-refractivity contribution in [3.8, 4) is 44.5 Å². The van der Waals surface area contributed by atoms with Crippen LogP contribution in [0.2, 0.25) is 0 Å². The molecule has 65 heavy (non-hydrogen) atoms. The van der Waals surface area contributed by atoms with Crippen LogP contribution < -0.4 is 4.90 Å². The molecule has 12 aromatic rings. The fourth-order valence-corrected chi connectivity index (χ4v) is 11.7. The summed E-state index contributed by atoms with van der Waals surface area (Å²) in [4.78, 5) is 2.53. The molecule has 0 saturated carbocycles. The quantitative estimate of drug-likeness (QED) is 0.172. The number of nitrogens with zero attached hydrogens (tertiary/aromatic N) is 1. The van der Waals surface area contributed by atoms with Crippen LogP contribution in [0.3, 0.4) is 0 Å². The van der Waals surface area contributed by atoms with Crippen molar-refractivity contribution >= 4 is 60.5 Å². The SMILES string of the molecule is c1ccc(-c2cccc3cccc(-c4ccc(N(c5cccc6c5C5(c7ccccc7-c7ccccc75)c5ccccc5-6)c5cccc6oc7ccc8ccccc8c7c56)cc4)c23)cc1. The molecule has 0 N–H and O–H groups in total. The largest absolute Gasteiger partial charge is 0.456 e. The van der Waals surface area contributed by atoms with Gasteiger partial charge >= 0.3 is 0 Å². The van der Waals surface area contributed by atoms with Crippen LogP contribution in [0, 0.1) is 0 Å². The maximum Gasteiger partial charge on any atom is 0.137 e. The maximum atomic E-state index is 6.79. The Morgan fingerprint density at radius 3 is 1.52 bits per heavy atom. The van der Waals surface area contributed by atoms with E-state index in [2.05, 4.69) is 241 Å². The predicted octanol–water partition coefficient (Wildman–Crippen LogP) is 17.0. The molecule has 1 aromatic heterocycles. The molecule has 2 aliphatic rings. The highest BCUT2D eigenvalue weighted by atomic mass is 16.3. The van der Waals surface area contributed by atoms with Gasteiger partial charge in [0.2, 0.25) is 0 Å². The van der Waals surface area contributed by atoms with Gasteiger partial charge in [-0.15, -0.1) is 0 Å². The van der Waals surface area contributed by atoms with Gasteiger partial charge in [0.05, 0.1) is 22.2 Å². The van der Waals surface area contributed by atoms with Crippen LogP contribution in [-0.4, -0.2) is 0 Å². The fraction of sp³-hybridized carbons (Fsp3) is 0.0159. The number of benzene rings is 11. The van der Waals surface area contributed by atoms with E-state index in [4.69, 9.17) is 4.42 Å². The van der Waals surface area contributed by atoms with E-state index in [0.29, 0.717) is 0 Å². The van der Waals surface area contributed by atoms with E-state index in [0.717, 1.165) is 39.0 Å². The Morgan fingerprint density at radius 2 is 0.815 bits per heavy atom. The van der Waals surface area contributed by atoms with Gasteiger partial charge in [-0.3, -0.25) is 0 Å². The molecule has 11 aromatic carbocycles. The predicted molar refractivity (Wildman–Crippen MR) is 271 cm³/mol. The summed E-state index contributed by atoms with van der Waals surface area (Å²) >= 11 is 0. The van der Waals surface area contributed by atoms with Crippen molar-refractivity contribution in [3.63, 3.8) is 0 Å². The monoisotopic (exact) mass is 825 g/mol. The molecule has 0 radical (unpaired) electrons. The van der Waals surface area contributed by atoms with Crippen LogP contribution in [0.25, 0.3) is 88.0 Å². The van der Waals surface area contributed by atoms with E-state index in [9.17, 15) is 0 Å². The first-order chi connectivity index (χ1) is 32.3. The Kier molecular flexibility index (Phi) is 7.64. The first-order valence-electron chi connectivity index (χ1n) is 22.5. The molecule has 0 amide bonds. The lowest BCUT2D eigenvalue weighted by molar-refractivity contribution is 0.669. The standard InChI is InChI=1S/C63H39NO/c1-2-16-40(17-3-1)45-25-12-19-43-20-13-26-46(59(43)45)42-34-37-44(38-35-42)64(55-31-15-33-57-61(55)60-47-21-5-4-18-41(47)36-39-58(60)65-57)56-32-14-27-51-50-24-8-11-30-54(50)63(62(51)56)52-28-9-6-22-48(52)49-23-7-10-29-53(49)63/h1-39H. The van der Waals surface area contributed by atoms with Crippen molar-refractivity contribution in [2.75, 3.05) is 4.90 Å². The summed E-state index contributed by atoms with van der Waals surface area (Å²) in [6, 6.07) is 87.1. The van der Waals surface area contributed by atoms with Crippen LogP contribution in [0.15, 0.2) is 241 Å². The summed E-state index contributed by atoms with van der Waals surface area (Å²) in [5.41, 5.74) is 19.6. The normalized spacial score (nSPS) is 13.0. The van der Waals surface area contributed by atoms with Gasteiger partial charge in [-0.05, 0) is 119 Å². The molecule has 2 nitrogen and oxygen atoms in total. The molecular weight excluding hydrogens is 787 g/mol. The Bertz CT molecular complexity index is 3830. The third-order valence-electron chi connectivity index (χ3n) is 14.3.